The van der Waals surface area contributed by atoms with Crippen LogP contribution in [0.15, 0.2) is 52.4 Å². The molecule has 0 spiro atoms. The van der Waals surface area contributed by atoms with Gasteiger partial charge in [0.15, 0.2) is 0 Å². The third-order valence-electron chi connectivity index (χ3n) is 3.69. The minimum atomic E-state index is -3.42. The number of hydrogen-bond acceptors (Lipinski definition) is 5. The molecule has 5 nitrogen and oxygen atoms in total. The van der Waals surface area contributed by atoms with E-state index in [0.717, 1.165) is 17.7 Å². The standard InChI is InChI=1S/C16H18N2O3S2/c1-22-14-6-4-13(5-7-14)21-16-9-8-15(12-17-16)23(19,20)18-10-2-3-11-18/h4-9,12H,2-3,10-11H2,1H3. The Hall–Kier alpha value is -1.57. The van der Waals surface area contributed by atoms with E-state index in [-0.39, 0.29) is 4.90 Å². The Morgan fingerprint density at radius 2 is 1.78 bits per heavy atom. The Morgan fingerprint density at radius 1 is 1.09 bits per heavy atom. The predicted molar refractivity (Wildman–Crippen MR) is 90.5 cm³/mol. The van der Waals surface area contributed by atoms with E-state index in [1.54, 1.807) is 23.9 Å². The van der Waals surface area contributed by atoms with Crippen LogP contribution in [0.2, 0.25) is 0 Å². The van der Waals surface area contributed by atoms with Crippen LogP contribution in [0.4, 0.5) is 0 Å². The molecule has 0 N–H and O–H groups in total. The van der Waals surface area contributed by atoms with Gasteiger partial charge in [-0.25, -0.2) is 13.4 Å². The van der Waals surface area contributed by atoms with Crippen molar-refractivity contribution in [3.05, 3.63) is 42.6 Å². The molecule has 122 valence electrons. The number of aromatic nitrogens is 1. The van der Waals surface area contributed by atoms with Crippen LogP contribution in [-0.2, 0) is 10.0 Å². The molecule has 2 heterocycles. The zero-order valence-corrected chi connectivity index (χ0v) is 14.4. The largest absolute Gasteiger partial charge is 0.439 e. The number of thioether (sulfide) groups is 1. The van der Waals surface area contributed by atoms with Crippen molar-refractivity contribution in [3.63, 3.8) is 0 Å². The first-order chi connectivity index (χ1) is 11.1. The molecule has 0 aliphatic carbocycles. The lowest BCUT2D eigenvalue weighted by molar-refractivity contribution is 0.459. The summed E-state index contributed by atoms with van der Waals surface area (Å²) < 4.78 is 32.0. The second-order valence-corrected chi connectivity index (χ2v) is 8.04. The van der Waals surface area contributed by atoms with Gasteiger partial charge < -0.3 is 4.74 Å². The number of sulfonamides is 1. The van der Waals surface area contributed by atoms with Gasteiger partial charge in [-0.05, 0) is 49.4 Å². The van der Waals surface area contributed by atoms with Gasteiger partial charge in [0, 0.05) is 24.1 Å². The van der Waals surface area contributed by atoms with Gasteiger partial charge in [-0.3, -0.25) is 0 Å². The zero-order valence-electron chi connectivity index (χ0n) is 12.8. The van der Waals surface area contributed by atoms with Crippen molar-refractivity contribution >= 4 is 21.8 Å². The van der Waals surface area contributed by atoms with E-state index in [1.165, 1.54) is 10.5 Å². The Labute approximate surface area is 140 Å². The molecule has 23 heavy (non-hydrogen) atoms. The highest BCUT2D eigenvalue weighted by Crippen LogP contribution is 2.25. The molecular formula is C16H18N2O3S2. The third-order valence-corrected chi connectivity index (χ3v) is 6.32. The van der Waals surface area contributed by atoms with Crippen molar-refractivity contribution < 1.29 is 13.2 Å². The normalized spacial score (nSPS) is 15.7. The summed E-state index contributed by atoms with van der Waals surface area (Å²) in [5, 5.41) is 0. The molecule has 1 aromatic carbocycles. The molecule has 1 fully saturated rings. The SMILES string of the molecule is CSc1ccc(Oc2ccc(S(=O)(=O)N3CCCC3)cn2)cc1. The molecule has 2 aromatic rings. The van der Waals surface area contributed by atoms with E-state index < -0.39 is 10.0 Å². The number of ether oxygens (including phenoxy) is 1. The molecule has 3 rings (SSSR count). The molecule has 0 bridgehead atoms. The van der Waals surface area contributed by atoms with Crippen molar-refractivity contribution in [2.45, 2.75) is 22.6 Å². The number of nitrogens with zero attached hydrogens (tertiary/aromatic N) is 2. The quantitative estimate of drug-likeness (QED) is 0.774. The van der Waals surface area contributed by atoms with Gasteiger partial charge in [-0.15, -0.1) is 11.8 Å². The van der Waals surface area contributed by atoms with Crippen molar-refractivity contribution in [1.82, 2.24) is 9.29 Å². The number of rotatable bonds is 5. The molecule has 1 saturated heterocycles. The summed E-state index contributed by atoms with van der Waals surface area (Å²) >= 11 is 1.66. The summed E-state index contributed by atoms with van der Waals surface area (Å²) in [6, 6.07) is 10.8. The van der Waals surface area contributed by atoms with Gasteiger partial charge in [0.1, 0.15) is 10.6 Å². The Balaban J connectivity index is 1.73. The van der Waals surface area contributed by atoms with Gasteiger partial charge in [0.05, 0.1) is 6.20 Å². The van der Waals surface area contributed by atoms with E-state index in [4.69, 9.17) is 4.74 Å². The summed E-state index contributed by atoms with van der Waals surface area (Å²) in [7, 11) is -3.42. The molecule has 0 unspecified atom stereocenters. The maximum atomic E-state index is 12.4. The van der Waals surface area contributed by atoms with Crippen molar-refractivity contribution in [1.29, 1.82) is 0 Å². The maximum absolute atomic E-state index is 12.4. The number of pyridine rings is 1. The molecular weight excluding hydrogens is 332 g/mol. The fraction of sp³-hybridized carbons (Fsp3) is 0.312. The van der Waals surface area contributed by atoms with Crippen LogP contribution < -0.4 is 4.74 Å². The van der Waals surface area contributed by atoms with Gasteiger partial charge in [-0.2, -0.15) is 4.31 Å². The molecule has 0 amide bonds. The topological polar surface area (TPSA) is 59.5 Å². The predicted octanol–water partition coefficient (Wildman–Crippen LogP) is 3.38. The minimum absolute atomic E-state index is 0.212. The Morgan fingerprint density at radius 3 is 2.35 bits per heavy atom. The molecule has 0 saturated carbocycles. The first-order valence-corrected chi connectivity index (χ1v) is 10.0. The van der Waals surface area contributed by atoms with Crippen molar-refractivity contribution in [2.24, 2.45) is 0 Å². The van der Waals surface area contributed by atoms with Crippen LogP contribution >= 0.6 is 11.8 Å². The van der Waals surface area contributed by atoms with Gasteiger partial charge in [-0.1, -0.05) is 0 Å². The van der Waals surface area contributed by atoms with E-state index >= 15 is 0 Å². The van der Waals surface area contributed by atoms with E-state index in [2.05, 4.69) is 4.98 Å². The summed E-state index contributed by atoms with van der Waals surface area (Å²) in [4.78, 5) is 5.48. The van der Waals surface area contributed by atoms with Gasteiger partial charge in [0.2, 0.25) is 15.9 Å². The van der Waals surface area contributed by atoms with E-state index in [9.17, 15) is 8.42 Å². The summed E-state index contributed by atoms with van der Waals surface area (Å²) in [5.41, 5.74) is 0. The van der Waals surface area contributed by atoms with Crippen LogP contribution in [-0.4, -0.2) is 37.1 Å². The average Bonchev–Trinajstić information content (AvgIpc) is 3.11. The molecule has 0 atom stereocenters. The average molecular weight is 350 g/mol. The van der Waals surface area contributed by atoms with E-state index in [1.807, 2.05) is 30.5 Å². The van der Waals surface area contributed by atoms with Gasteiger partial charge in [0.25, 0.3) is 0 Å². The lowest BCUT2D eigenvalue weighted by Gasteiger charge is -2.15. The van der Waals surface area contributed by atoms with Crippen LogP contribution in [0.1, 0.15) is 12.8 Å². The first kappa shape index (κ1) is 16.3. The second kappa shape index (κ2) is 6.90. The molecule has 1 aliphatic rings. The monoisotopic (exact) mass is 350 g/mol. The Kier molecular flexibility index (Phi) is 4.89. The highest BCUT2D eigenvalue weighted by Gasteiger charge is 2.27. The molecule has 1 aromatic heterocycles. The lowest BCUT2D eigenvalue weighted by Crippen LogP contribution is -2.27. The first-order valence-electron chi connectivity index (χ1n) is 7.38. The van der Waals surface area contributed by atoms with Crippen molar-refractivity contribution in [3.8, 4) is 11.6 Å². The van der Waals surface area contributed by atoms with Gasteiger partial charge >= 0.3 is 0 Å². The van der Waals surface area contributed by atoms with Crippen LogP contribution in [0.25, 0.3) is 0 Å². The summed E-state index contributed by atoms with van der Waals surface area (Å²) in [5.74, 6) is 1.05. The van der Waals surface area contributed by atoms with Crippen LogP contribution in [0, 0.1) is 0 Å². The zero-order chi connectivity index (χ0) is 16.3. The number of benzene rings is 1. The third kappa shape index (κ3) is 3.68. The molecule has 1 aliphatic heterocycles. The minimum Gasteiger partial charge on any atom is -0.439 e. The molecule has 7 heteroatoms. The fourth-order valence-corrected chi connectivity index (χ4v) is 4.29. The number of hydrogen-bond donors (Lipinski definition) is 0. The molecule has 0 radical (unpaired) electrons. The Bertz CT molecular complexity index is 753. The summed E-state index contributed by atoms with van der Waals surface area (Å²) in [6.07, 6.45) is 5.20. The smallest absolute Gasteiger partial charge is 0.244 e. The van der Waals surface area contributed by atoms with Crippen molar-refractivity contribution in [2.75, 3.05) is 19.3 Å². The summed E-state index contributed by atoms with van der Waals surface area (Å²) in [6.45, 7) is 1.17. The van der Waals surface area contributed by atoms with Crippen LogP contribution in [0.5, 0.6) is 11.6 Å². The highest BCUT2D eigenvalue weighted by molar-refractivity contribution is 7.98. The second-order valence-electron chi connectivity index (χ2n) is 5.22. The fourth-order valence-electron chi connectivity index (χ4n) is 2.42. The lowest BCUT2D eigenvalue weighted by atomic mass is 10.3. The highest BCUT2D eigenvalue weighted by atomic mass is 32.2. The van der Waals surface area contributed by atoms with Crippen LogP contribution in [0.3, 0.4) is 0 Å². The van der Waals surface area contributed by atoms with E-state index in [0.29, 0.717) is 24.7 Å². The maximum Gasteiger partial charge on any atom is 0.244 e.